The number of hydrogen-bond acceptors (Lipinski definition) is 5. The minimum absolute atomic E-state index is 0.178. The summed E-state index contributed by atoms with van der Waals surface area (Å²) < 4.78 is 27.6. The zero-order valence-corrected chi connectivity index (χ0v) is 13.7. The predicted molar refractivity (Wildman–Crippen MR) is 95.5 cm³/mol. The van der Waals surface area contributed by atoms with Crippen LogP contribution >= 0.6 is 0 Å². The minimum atomic E-state index is -0.500. The maximum absolute atomic E-state index is 14.1. The molecule has 0 radical (unpaired) electrons. The molecule has 0 aliphatic carbocycles. The maximum atomic E-state index is 14.1. The van der Waals surface area contributed by atoms with Crippen LogP contribution in [-0.2, 0) is 0 Å². The molecule has 0 unspecified atom stereocenters. The zero-order valence-electron chi connectivity index (χ0n) is 13.7. The first kappa shape index (κ1) is 16.0. The number of nitrogens with zero attached hydrogens (tertiary/aromatic N) is 4. The number of rotatable bonds is 3. The first-order chi connectivity index (χ1) is 12.7. The van der Waals surface area contributed by atoms with Gasteiger partial charge in [-0.3, -0.25) is 4.98 Å². The number of hydrogen-bond donors (Lipinski definition) is 1. The van der Waals surface area contributed by atoms with Gasteiger partial charge < -0.3 is 5.32 Å². The van der Waals surface area contributed by atoms with Crippen LogP contribution in [0.1, 0.15) is 0 Å². The van der Waals surface area contributed by atoms with Crippen LogP contribution in [-0.4, -0.2) is 27.0 Å². The molecule has 0 amide bonds. The molecule has 0 bridgehead atoms. The largest absolute Gasteiger partial charge is 0.373 e. The third kappa shape index (κ3) is 2.83. The quantitative estimate of drug-likeness (QED) is 0.604. The molecule has 2 aromatic heterocycles. The van der Waals surface area contributed by atoms with Crippen molar-refractivity contribution in [3.8, 4) is 22.6 Å². The van der Waals surface area contributed by atoms with E-state index < -0.39 is 11.6 Å². The van der Waals surface area contributed by atoms with Crippen LogP contribution < -0.4 is 5.32 Å². The molecular formula is C19H13F2N5. The van der Waals surface area contributed by atoms with Crippen LogP contribution in [0.5, 0.6) is 0 Å². The lowest BCUT2D eigenvalue weighted by atomic mass is 10.0. The molecule has 1 N–H and O–H groups in total. The molecule has 5 nitrogen and oxygen atoms in total. The topological polar surface area (TPSA) is 63.6 Å². The van der Waals surface area contributed by atoms with E-state index in [0.29, 0.717) is 28.4 Å². The smallest absolute Gasteiger partial charge is 0.182 e. The van der Waals surface area contributed by atoms with Gasteiger partial charge in [0.05, 0.1) is 11.7 Å². The number of nitrogens with one attached hydrogen (secondary N) is 1. The summed E-state index contributed by atoms with van der Waals surface area (Å²) in [6.07, 6.45) is 4.69. The number of fused-ring (bicyclic) bond motifs is 1. The maximum Gasteiger partial charge on any atom is 0.182 e. The van der Waals surface area contributed by atoms with Gasteiger partial charge in [-0.25, -0.2) is 23.7 Å². The van der Waals surface area contributed by atoms with Crippen molar-refractivity contribution < 1.29 is 8.78 Å². The van der Waals surface area contributed by atoms with Crippen molar-refractivity contribution >= 4 is 16.7 Å². The number of halogens is 2. The summed E-state index contributed by atoms with van der Waals surface area (Å²) in [5.41, 5.74) is 1.82. The van der Waals surface area contributed by atoms with Gasteiger partial charge in [0.15, 0.2) is 5.82 Å². The second-order valence-electron chi connectivity index (χ2n) is 5.59. The van der Waals surface area contributed by atoms with Crippen molar-refractivity contribution in [2.45, 2.75) is 0 Å². The van der Waals surface area contributed by atoms with Gasteiger partial charge >= 0.3 is 0 Å². The van der Waals surface area contributed by atoms with Gasteiger partial charge in [-0.1, -0.05) is 6.07 Å². The summed E-state index contributed by atoms with van der Waals surface area (Å²) >= 11 is 0. The van der Waals surface area contributed by atoms with Gasteiger partial charge in [-0.15, -0.1) is 0 Å². The van der Waals surface area contributed by atoms with Gasteiger partial charge in [-0.2, -0.15) is 0 Å². The zero-order chi connectivity index (χ0) is 18.1. The summed E-state index contributed by atoms with van der Waals surface area (Å²) in [6, 6.07) is 8.57. The van der Waals surface area contributed by atoms with Crippen LogP contribution in [0.4, 0.5) is 14.6 Å². The third-order valence-corrected chi connectivity index (χ3v) is 3.97. The SMILES string of the molecule is CNc1nc(-c2cnccn2)nc2cc(-c3cc(F)ccc3F)ccc12. The molecule has 0 aliphatic heterocycles. The molecule has 0 fully saturated rings. The Labute approximate surface area is 147 Å². The Hall–Kier alpha value is -3.48. The van der Waals surface area contributed by atoms with E-state index in [9.17, 15) is 8.78 Å². The summed E-state index contributed by atoms with van der Waals surface area (Å²) in [5.74, 6) is 0.0110. The third-order valence-electron chi connectivity index (χ3n) is 3.97. The minimum Gasteiger partial charge on any atom is -0.373 e. The summed E-state index contributed by atoms with van der Waals surface area (Å²) in [6.45, 7) is 0. The first-order valence-electron chi connectivity index (χ1n) is 7.87. The molecule has 26 heavy (non-hydrogen) atoms. The normalized spacial score (nSPS) is 10.9. The Morgan fingerprint density at radius 3 is 2.62 bits per heavy atom. The Kier molecular flexibility index (Phi) is 3.96. The van der Waals surface area contributed by atoms with E-state index in [1.807, 2.05) is 0 Å². The van der Waals surface area contributed by atoms with Crippen molar-refractivity contribution in [1.29, 1.82) is 0 Å². The van der Waals surface area contributed by atoms with Crippen LogP contribution in [0.15, 0.2) is 55.0 Å². The van der Waals surface area contributed by atoms with Gasteiger partial charge in [0, 0.05) is 30.4 Å². The molecule has 0 spiro atoms. The highest BCUT2D eigenvalue weighted by molar-refractivity contribution is 5.93. The lowest BCUT2D eigenvalue weighted by Gasteiger charge is -2.10. The van der Waals surface area contributed by atoms with Crippen molar-refractivity contribution in [2.75, 3.05) is 12.4 Å². The summed E-state index contributed by atoms with van der Waals surface area (Å²) in [4.78, 5) is 17.2. The van der Waals surface area contributed by atoms with E-state index in [2.05, 4.69) is 25.3 Å². The van der Waals surface area contributed by atoms with Crippen molar-refractivity contribution in [2.24, 2.45) is 0 Å². The average molecular weight is 349 g/mol. The first-order valence-corrected chi connectivity index (χ1v) is 7.87. The van der Waals surface area contributed by atoms with Crippen LogP contribution in [0.2, 0.25) is 0 Å². The van der Waals surface area contributed by atoms with Crippen molar-refractivity contribution in [3.05, 3.63) is 66.6 Å². The summed E-state index contributed by atoms with van der Waals surface area (Å²) in [5, 5.41) is 3.79. The van der Waals surface area contributed by atoms with Gasteiger partial charge in [0.2, 0.25) is 0 Å². The van der Waals surface area contributed by atoms with E-state index in [1.165, 1.54) is 6.07 Å². The van der Waals surface area contributed by atoms with Crippen LogP contribution in [0.3, 0.4) is 0 Å². The lowest BCUT2D eigenvalue weighted by Crippen LogP contribution is -2.00. The molecule has 0 saturated carbocycles. The Balaban J connectivity index is 1.93. The molecule has 4 rings (SSSR count). The van der Waals surface area contributed by atoms with Gasteiger partial charge in [0.1, 0.15) is 23.1 Å². The molecular weight excluding hydrogens is 336 g/mol. The van der Waals surface area contributed by atoms with E-state index in [-0.39, 0.29) is 5.56 Å². The highest BCUT2D eigenvalue weighted by Crippen LogP contribution is 2.30. The Morgan fingerprint density at radius 2 is 1.85 bits per heavy atom. The fourth-order valence-electron chi connectivity index (χ4n) is 2.74. The van der Waals surface area contributed by atoms with E-state index in [4.69, 9.17) is 0 Å². The van der Waals surface area contributed by atoms with Crippen molar-refractivity contribution in [3.63, 3.8) is 0 Å². The van der Waals surface area contributed by atoms with Crippen LogP contribution in [0, 0.1) is 11.6 Å². The van der Waals surface area contributed by atoms with Crippen LogP contribution in [0.25, 0.3) is 33.5 Å². The van der Waals surface area contributed by atoms with E-state index in [1.54, 1.807) is 43.8 Å². The predicted octanol–water partition coefficient (Wildman–Crippen LogP) is 4.07. The number of benzene rings is 2. The molecule has 2 heterocycles. The second kappa shape index (κ2) is 6.44. The summed E-state index contributed by atoms with van der Waals surface area (Å²) in [7, 11) is 1.75. The number of anilines is 1. The van der Waals surface area contributed by atoms with Gasteiger partial charge in [-0.05, 0) is 35.9 Å². The lowest BCUT2D eigenvalue weighted by molar-refractivity contribution is 0.603. The van der Waals surface area contributed by atoms with E-state index >= 15 is 0 Å². The average Bonchev–Trinajstić information content (AvgIpc) is 2.69. The van der Waals surface area contributed by atoms with Gasteiger partial charge in [0.25, 0.3) is 0 Å². The fourth-order valence-corrected chi connectivity index (χ4v) is 2.74. The molecule has 4 aromatic rings. The molecule has 2 aromatic carbocycles. The molecule has 7 heteroatoms. The number of aromatic nitrogens is 4. The highest BCUT2D eigenvalue weighted by Gasteiger charge is 2.13. The molecule has 0 saturated heterocycles. The van der Waals surface area contributed by atoms with E-state index in [0.717, 1.165) is 17.5 Å². The Morgan fingerprint density at radius 1 is 0.962 bits per heavy atom. The Bertz CT molecular complexity index is 1100. The van der Waals surface area contributed by atoms with Crippen molar-refractivity contribution in [1.82, 2.24) is 19.9 Å². The molecule has 0 aliphatic rings. The molecule has 128 valence electrons. The highest BCUT2D eigenvalue weighted by atomic mass is 19.1. The fraction of sp³-hybridized carbons (Fsp3) is 0.0526. The second-order valence-corrected chi connectivity index (χ2v) is 5.59. The standard InChI is InChI=1S/C19H13F2N5/c1-22-18-13-4-2-11(14-9-12(20)3-5-15(14)21)8-16(13)25-19(26-18)17-10-23-6-7-24-17/h2-10H,1H3,(H,22,25,26). The monoisotopic (exact) mass is 349 g/mol. The molecule has 0 atom stereocenters.